The van der Waals surface area contributed by atoms with Crippen molar-refractivity contribution in [2.45, 2.75) is 91.2 Å². The first kappa shape index (κ1) is 32.3. The Morgan fingerprint density at radius 2 is 1.91 bits per heavy atom. The Balaban J connectivity index is 1.32. The molecule has 3 aromatic rings. The molecule has 1 saturated heterocycles. The zero-order chi connectivity index (χ0) is 31.1. The van der Waals surface area contributed by atoms with Crippen LogP contribution in [0.1, 0.15) is 63.4 Å². The summed E-state index contributed by atoms with van der Waals surface area (Å²) < 4.78 is 1.66. The van der Waals surface area contributed by atoms with Crippen molar-refractivity contribution in [2.75, 3.05) is 6.54 Å². The first-order chi connectivity index (χ1) is 20.5. The van der Waals surface area contributed by atoms with E-state index < -0.39 is 23.6 Å². The number of aliphatic hydroxyl groups excluding tert-OH is 1. The summed E-state index contributed by atoms with van der Waals surface area (Å²) in [5, 5.41) is 20.6. The maximum atomic E-state index is 13.8. The summed E-state index contributed by atoms with van der Waals surface area (Å²) in [6.45, 7) is 8.26. The first-order valence-electron chi connectivity index (χ1n) is 14.7. The molecule has 0 spiro atoms. The number of nitrogens with two attached hydrogens (primary N) is 1. The Kier molecular flexibility index (Phi) is 10.7. The van der Waals surface area contributed by atoms with Crippen molar-refractivity contribution >= 4 is 29.1 Å². The number of carbonyl (C=O) groups excluding carboxylic acids is 3. The molecule has 0 bridgehead atoms. The Labute approximate surface area is 256 Å². The number of aromatic nitrogens is 3. The lowest BCUT2D eigenvalue weighted by Gasteiger charge is -2.35. The third kappa shape index (κ3) is 8.49. The SMILES string of the molecule is Cc1ncsc1-c1ccc(CNC(=O)[C@@H]2C[C@@H](O)CN2C(=O)[C@@H](NC(=O)CCCCc2ccn(CN)n2)C(C)(C)C)cc1. The molecule has 1 aromatic carbocycles. The molecular formula is C31H43N7O4S. The molecule has 43 heavy (non-hydrogen) atoms. The number of benzene rings is 1. The van der Waals surface area contributed by atoms with E-state index in [4.69, 9.17) is 5.73 Å². The maximum absolute atomic E-state index is 13.8. The van der Waals surface area contributed by atoms with Crippen LogP contribution in [0.25, 0.3) is 10.4 Å². The highest BCUT2D eigenvalue weighted by molar-refractivity contribution is 7.13. The molecule has 3 amide bonds. The molecule has 0 saturated carbocycles. The second-order valence-corrected chi connectivity index (χ2v) is 13.0. The topological polar surface area (TPSA) is 155 Å². The van der Waals surface area contributed by atoms with Crippen molar-refractivity contribution in [1.82, 2.24) is 30.3 Å². The summed E-state index contributed by atoms with van der Waals surface area (Å²) in [6.07, 6.45) is 3.58. The van der Waals surface area contributed by atoms with Gasteiger partial charge >= 0.3 is 0 Å². The van der Waals surface area contributed by atoms with Gasteiger partial charge in [0.15, 0.2) is 0 Å². The first-order valence-corrected chi connectivity index (χ1v) is 15.6. The van der Waals surface area contributed by atoms with Crippen LogP contribution in [0.2, 0.25) is 0 Å². The lowest BCUT2D eigenvalue weighted by Crippen LogP contribution is -2.57. The highest BCUT2D eigenvalue weighted by atomic mass is 32.1. The number of likely N-dealkylation sites (tertiary alicyclic amines) is 1. The van der Waals surface area contributed by atoms with Crippen LogP contribution in [-0.2, 0) is 34.0 Å². The minimum absolute atomic E-state index is 0.0394. The summed E-state index contributed by atoms with van der Waals surface area (Å²) in [6, 6.07) is 8.17. The molecule has 1 fully saturated rings. The second-order valence-electron chi connectivity index (χ2n) is 12.2. The van der Waals surface area contributed by atoms with Crippen LogP contribution in [0.5, 0.6) is 0 Å². The van der Waals surface area contributed by atoms with Crippen molar-refractivity contribution in [3.8, 4) is 10.4 Å². The normalized spacial score (nSPS) is 17.6. The zero-order valence-electron chi connectivity index (χ0n) is 25.4. The summed E-state index contributed by atoms with van der Waals surface area (Å²) >= 11 is 1.58. The monoisotopic (exact) mass is 609 g/mol. The van der Waals surface area contributed by atoms with Gasteiger partial charge in [0, 0.05) is 32.1 Å². The fourth-order valence-corrected chi connectivity index (χ4v) is 6.06. The van der Waals surface area contributed by atoms with E-state index >= 15 is 0 Å². The van der Waals surface area contributed by atoms with Crippen LogP contribution in [-0.4, -0.2) is 67.2 Å². The van der Waals surface area contributed by atoms with Crippen molar-refractivity contribution in [2.24, 2.45) is 11.1 Å². The third-order valence-electron chi connectivity index (χ3n) is 7.68. The van der Waals surface area contributed by atoms with Crippen LogP contribution < -0.4 is 16.4 Å². The Morgan fingerprint density at radius 3 is 2.53 bits per heavy atom. The molecule has 1 aliphatic heterocycles. The molecule has 0 unspecified atom stereocenters. The van der Waals surface area contributed by atoms with Crippen LogP contribution in [0.3, 0.4) is 0 Å². The van der Waals surface area contributed by atoms with Gasteiger partial charge in [0.1, 0.15) is 12.1 Å². The Bertz CT molecular complexity index is 1400. The van der Waals surface area contributed by atoms with Crippen LogP contribution in [0, 0.1) is 12.3 Å². The predicted octanol–water partition coefficient (Wildman–Crippen LogP) is 2.75. The van der Waals surface area contributed by atoms with Gasteiger partial charge in [-0.25, -0.2) is 4.98 Å². The minimum atomic E-state index is -0.844. The summed E-state index contributed by atoms with van der Waals surface area (Å²) in [7, 11) is 0. The molecule has 12 heteroatoms. The van der Waals surface area contributed by atoms with Gasteiger partial charge in [-0.2, -0.15) is 5.10 Å². The highest BCUT2D eigenvalue weighted by Gasteiger charge is 2.44. The summed E-state index contributed by atoms with van der Waals surface area (Å²) in [4.78, 5) is 46.8. The number of rotatable bonds is 12. The molecule has 11 nitrogen and oxygen atoms in total. The van der Waals surface area contributed by atoms with Crippen molar-refractivity contribution < 1.29 is 19.5 Å². The molecular weight excluding hydrogens is 566 g/mol. The summed E-state index contributed by atoms with van der Waals surface area (Å²) in [5.41, 5.74) is 10.7. The quantitative estimate of drug-likeness (QED) is 0.230. The number of thiazole rings is 1. The van der Waals surface area contributed by atoms with Crippen LogP contribution in [0.4, 0.5) is 0 Å². The van der Waals surface area contributed by atoms with Crippen LogP contribution >= 0.6 is 11.3 Å². The van der Waals surface area contributed by atoms with Gasteiger partial charge in [-0.1, -0.05) is 45.0 Å². The van der Waals surface area contributed by atoms with E-state index in [1.54, 1.807) is 16.0 Å². The van der Waals surface area contributed by atoms with Gasteiger partial charge in [0.25, 0.3) is 0 Å². The lowest BCUT2D eigenvalue weighted by molar-refractivity contribution is -0.144. The fraction of sp³-hybridized carbons (Fsp3) is 0.516. The van der Waals surface area contributed by atoms with Crippen molar-refractivity contribution in [3.63, 3.8) is 0 Å². The standard InChI is InChI=1S/C31H43N7O4S/c1-20-27(43-19-34-20)22-11-9-21(10-12-22)16-33-29(41)25-15-24(39)17-38(25)30(42)28(31(2,3)4)35-26(40)8-6-5-7-23-13-14-37(18-32)36-23/h9-14,19,24-25,28,39H,5-8,15-18,32H2,1-4H3,(H,33,41)(H,35,40)/t24-,25+,28-/m1/s1. The van der Waals surface area contributed by atoms with E-state index in [0.29, 0.717) is 19.6 Å². The number of aliphatic hydroxyl groups is 1. The van der Waals surface area contributed by atoms with Crippen molar-refractivity contribution in [3.05, 3.63) is 59.0 Å². The van der Waals surface area contributed by atoms with Crippen LogP contribution in [0.15, 0.2) is 42.0 Å². The van der Waals surface area contributed by atoms with E-state index in [9.17, 15) is 19.5 Å². The lowest BCUT2D eigenvalue weighted by atomic mass is 9.85. The number of nitrogens with one attached hydrogen (secondary N) is 2. The number of hydrogen-bond acceptors (Lipinski definition) is 8. The van der Waals surface area contributed by atoms with E-state index in [-0.39, 0.29) is 37.1 Å². The largest absolute Gasteiger partial charge is 0.391 e. The predicted molar refractivity (Wildman–Crippen MR) is 166 cm³/mol. The van der Waals surface area contributed by atoms with Gasteiger partial charge in [-0.05, 0) is 48.8 Å². The maximum Gasteiger partial charge on any atom is 0.246 e. The third-order valence-corrected chi connectivity index (χ3v) is 8.66. The van der Waals surface area contributed by atoms with Crippen molar-refractivity contribution in [1.29, 1.82) is 0 Å². The van der Waals surface area contributed by atoms with E-state index in [1.807, 2.05) is 69.7 Å². The average Bonchev–Trinajstić information content (AvgIpc) is 3.72. The highest BCUT2D eigenvalue weighted by Crippen LogP contribution is 2.28. The van der Waals surface area contributed by atoms with E-state index in [2.05, 4.69) is 20.7 Å². The number of hydrogen-bond donors (Lipinski definition) is 4. The molecule has 3 atom stereocenters. The number of carbonyl (C=O) groups is 3. The number of unbranched alkanes of at least 4 members (excludes halogenated alkanes) is 1. The smallest absolute Gasteiger partial charge is 0.246 e. The van der Waals surface area contributed by atoms with Gasteiger partial charge in [-0.15, -0.1) is 11.3 Å². The molecule has 4 rings (SSSR count). The molecule has 0 radical (unpaired) electrons. The Hall–Kier alpha value is -3.61. The minimum Gasteiger partial charge on any atom is -0.391 e. The molecule has 232 valence electrons. The van der Waals surface area contributed by atoms with Gasteiger partial charge in [-0.3, -0.25) is 19.1 Å². The van der Waals surface area contributed by atoms with E-state index in [1.165, 1.54) is 4.90 Å². The Morgan fingerprint density at radius 1 is 1.16 bits per heavy atom. The number of amides is 3. The van der Waals surface area contributed by atoms with E-state index in [0.717, 1.165) is 40.2 Å². The average molecular weight is 610 g/mol. The summed E-state index contributed by atoms with van der Waals surface area (Å²) in [5.74, 6) is -0.920. The molecule has 1 aliphatic rings. The second kappa shape index (κ2) is 14.2. The molecule has 2 aromatic heterocycles. The molecule has 3 heterocycles. The van der Waals surface area contributed by atoms with Gasteiger partial charge in [0.2, 0.25) is 17.7 Å². The molecule has 0 aliphatic carbocycles. The van der Waals surface area contributed by atoms with Gasteiger partial charge in [0.05, 0.1) is 34.5 Å². The fourth-order valence-electron chi connectivity index (χ4n) is 5.24. The van der Waals surface area contributed by atoms with Gasteiger partial charge < -0.3 is 26.4 Å². The number of nitrogens with zero attached hydrogens (tertiary/aromatic N) is 4. The molecule has 5 N–H and O–H groups in total. The number of β-amino-alcohol motifs (C(OH)–C–C–N with tert-alkyl or cyclic N) is 1. The number of aryl methyl sites for hydroxylation is 2. The zero-order valence-corrected chi connectivity index (χ0v) is 26.2.